The summed E-state index contributed by atoms with van der Waals surface area (Å²) in [5.74, 6) is 1.94. The maximum absolute atomic E-state index is 12.2. The fourth-order valence-electron chi connectivity index (χ4n) is 3.56. The van der Waals surface area contributed by atoms with Gasteiger partial charge in [0.1, 0.15) is 18.5 Å². The molecule has 1 saturated heterocycles. The van der Waals surface area contributed by atoms with Crippen LogP contribution in [0.4, 0.5) is 0 Å². The lowest BCUT2D eigenvalue weighted by Gasteiger charge is -2.26. The molecule has 0 spiro atoms. The van der Waals surface area contributed by atoms with Crippen molar-refractivity contribution in [3.63, 3.8) is 0 Å². The molecular formula is C25H34N2O6. The van der Waals surface area contributed by atoms with Gasteiger partial charge in [-0.1, -0.05) is 24.3 Å². The predicted molar refractivity (Wildman–Crippen MR) is 125 cm³/mol. The van der Waals surface area contributed by atoms with E-state index in [0.29, 0.717) is 63.2 Å². The van der Waals surface area contributed by atoms with Crippen molar-refractivity contribution in [1.82, 2.24) is 9.80 Å². The third-order valence-electron chi connectivity index (χ3n) is 5.20. The van der Waals surface area contributed by atoms with Gasteiger partial charge in [0.15, 0.2) is 18.1 Å². The van der Waals surface area contributed by atoms with E-state index in [1.165, 1.54) is 0 Å². The first kappa shape index (κ1) is 24.8. The molecule has 1 atom stereocenters. The first-order valence-corrected chi connectivity index (χ1v) is 11.3. The van der Waals surface area contributed by atoms with Crippen molar-refractivity contribution in [3.05, 3.63) is 54.1 Å². The number of para-hydroxylation sites is 2. The molecule has 0 bridgehead atoms. The zero-order valence-electron chi connectivity index (χ0n) is 19.4. The summed E-state index contributed by atoms with van der Waals surface area (Å²) in [6.07, 6.45) is -0.640. The number of carbonyl (C=O) groups excluding carboxylic acids is 1. The first-order chi connectivity index (χ1) is 16.0. The number of nitrogens with zero attached hydrogens (tertiary/aromatic N) is 2. The Labute approximate surface area is 195 Å². The van der Waals surface area contributed by atoms with E-state index in [9.17, 15) is 9.90 Å². The van der Waals surface area contributed by atoms with Crippen LogP contribution >= 0.6 is 0 Å². The van der Waals surface area contributed by atoms with Gasteiger partial charge in [-0.15, -0.1) is 0 Å². The van der Waals surface area contributed by atoms with Crippen LogP contribution in [-0.4, -0.2) is 86.6 Å². The van der Waals surface area contributed by atoms with Gasteiger partial charge in [0.05, 0.1) is 19.8 Å². The van der Waals surface area contributed by atoms with Crippen LogP contribution in [-0.2, 0) is 16.1 Å². The van der Waals surface area contributed by atoms with Crippen LogP contribution in [0.25, 0.3) is 0 Å². The van der Waals surface area contributed by atoms with E-state index in [-0.39, 0.29) is 19.1 Å². The molecule has 1 unspecified atom stereocenters. The lowest BCUT2D eigenvalue weighted by atomic mass is 10.2. The van der Waals surface area contributed by atoms with Crippen LogP contribution < -0.4 is 14.2 Å². The van der Waals surface area contributed by atoms with Crippen LogP contribution in [0.2, 0.25) is 0 Å². The molecule has 1 amide bonds. The van der Waals surface area contributed by atoms with Gasteiger partial charge < -0.3 is 29.0 Å². The quantitative estimate of drug-likeness (QED) is 0.522. The summed E-state index contributed by atoms with van der Waals surface area (Å²) >= 11 is 0. The Kier molecular flexibility index (Phi) is 9.80. The molecule has 1 fully saturated rings. The molecule has 180 valence electrons. The van der Waals surface area contributed by atoms with Crippen LogP contribution in [0.5, 0.6) is 17.2 Å². The van der Waals surface area contributed by atoms with Gasteiger partial charge in [-0.3, -0.25) is 9.69 Å². The third-order valence-corrected chi connectivity index (χ3v) is 5.20. The molecular weight excluding hydrogens is 424 g/mol. The molecule has 0 aromatic heterocycles. The highest BCUT2D eigenvalue weighted by molar-refractivity contribution is 5.77. The van der Waals surface area contributed by atoms with Crippen LogP contribution in [0.3, 0.4) is 0 Å². The van der Waals surface area contributed by atoms with E-state index in [1.54, 1.807) is 4.90 Å². The second-order valence-electron chi connectivity index (χ2n) is 7.97. The molecule has 0 aliphatic carbocycles. The molecule has 1 heterocycles. The van der Waals surface area contributed by atoms with E-state index in [4.69, 9.17) is 18.9 Å². The number of hydrogen-bond donors (Lipinski definition) is 1. The number of ether oxygens (including phenoxy) is 4. The van der Waals surface area contributed by atoms with Gasteiger partial charge in [-0.25, -0.2) is 0 Å². The zero-order valence-corrected chi connectivity index (χ0v) is 19.4. The minimum Gasteiger partial charge on any atom is -0.490 e. The fraction of sp³-hybridized carbons (Fsp3) is 0.480. The Hall–Kier alpha value is -2.81. The van der Waals surface area contributed by atoms with Crippen molar-refractivity contribution in [2.45, 2.75) is 19.6 Å². The minimum atomic E-state index is -0.640. The Morgan fingerprint density at radius 2 is 1.73 bits per heavy atom. The summed E-state index contributed by atoms with van der Waals surface area (Å²) in [7, 11) is 1.95. The smallest absolute Gasteiger partial charge is 0.260 e. The lowest BCUT2D eigenvalue weighted by Crippen LogP contribution is -2.42. The van der Waals surface area contributed by atoms with E-state index in [0.717, 1.165) is 5.56 Å². The van der Waals surface area contributed by atoms with Crippen molar-refractivity contribution in [2.75, 3.05) is 59.7 Å². The largest absolute Gasteiger partial charge is 0.490 e. The van der Waals surface area contributed by atoms with Crippen molar-refractivity contribution in [2.24, 2.45) is 0 Å². The molecule has 1 aliphatic heterocycles. The van der Waals surface area contributed by atoms with Gasteiger partial charge >= 0.3 is 0 Å². The molecule has 3 rings (SSSR count). The molecule has 8 heteroatoms. The van der Waals surface area contributed by atoms with E-state index in [1.807, 2.05) is 67.4 Å². The van der Waals surface area contributed by atoms with E-state index >= 15 is 0 Å². The molecule has 0 saturated carbocycles. The second-order valence-corrected chi connectivity index (χ2v) is 7.97. The number of aliphatic hydroxyl groups is 1. The maximum Gasteiger partial charge on any atom is 0.260 e. The molecule has 2 aromatic carbocycles. The number of carbonyl (C=O) groups is 1. The second kappa shape index (κ2) is 13.0. The van der Waals surface area contributed by atoms with E-state index < -0.39 is 6.10 Å². The topological polar surface area (TPSA) is 80.7 Å². The summed E-state index contributed by atoms with van der Waals surface area (Å²) in [6, 6.07) is 15.1. The molecule has 8 nitrogen and oxygen atoms in total. The minimum absolute atomic E-state index is 0.0257. The summed E-state index contributed by atoms with van der Waals surface area (Å²) < 4.78 is 22.2. The SMILES string of the molecule is CCOc1ccccc1OCC(O)CN(C)Cc1ccc(OCC(=O)N2CCOCC2)cc1. The number of likely N-dealkylation sites (N-methyl/N-ethyl adjacent to an activating group) is 1. The summed E-state index contributed by atoms with van der Waals surface area (Å²) in [4.78, 5) is 16.0. The molecule has 1 N–H and O–H groups in total. The van der Waals surface area contributed by atoms with Crippen molar-refractivity contribution in [3.8, 4) is 17.2 Å². The normalized spacial score (nSPS) is 14.7. The van der Waals surface area contributed by atoms with Gasteiger partial charge in [0.25, 0.3) is 5.91 Å². The third kappa shape index (κ3) is 8.24. The Balaban J connectivity index is 1.39. The monoisotopic (exact) mass is 458 g/mol. The lowest BCUT2D eigenvalue weighted by molar-refractivity contribution is -0.137. The average Bonchev–Trinajstić information content (AvgIpc) is 2.83. The van der Waals surface area contributed by atoms with Gasteiger partial charge in [-0.2, -0.15) is 0 Å². The molecule has 2 aromatic rings. The highest BCUT2D eigenvalue weighted by atomic mass is 16.5. The Morgan fingerprint density at radius 1 is 1.06 bits per heavy atom. The van der Waals surface area contributed by atoms with Crippen molar-refractivity contribution < 1.29 is 28.8 Å². The van der Waals surface area contributed by atoms with Gasteiger partial charge in [0, 0.05) is 26.2 Å². The van der Waals surface area contributed by atoms with Crippen molar-refractivity contribution in [1.29, 1.82) is 0 Å². The molecule has 1 aliphatic rings. The highest BCUT2D eigenvalue weighted by Gasteiger charge is 2.17. The summed E-state index contributed by atoms with van der Waals surface area (Å²) in [5.41, 5.74) is 1.08. The number of amides is 1. The highest BCUT2D eigenvalue weighted by Crippen LogP contribution is 2.26. The maximum atomic E-state index is 12.2. The Morgan fingerprint density at radius 3 is 2.39 bits per heavy atom. The summed E-state index contributed by atoms with van der Waals surface area (Å²) in [6.45, 7) is 6.19. The summed E-state index contributed by atoms with van der Waals surface area (Å²) in [5, 5.41) is 10.4. The molecule has 0 radical (unpaired) electrons. The standard InChI is InChI=1S/C25H34N2O6/c1-3-31-23-6-4-5-7-24(23)33-18-21(28)17-26(2)16-20-8-10-22(11-9-20)32-19-25(29)27-12-14-30-15-13-27/h4-11,21,28H,3,12-19H2,1-2H3. The van der Waals surface area contributed by atoms with E-state index in [2.05, 4.69) is 0 Å². The first-order valence-electron chi connectivity index (χ1n) is 11.3. The number of benzene rings is 2. The zero-order chi connectivity index (χ0) is 23.5. The van der Waals surface area contributed by atoms with Gasteiger partial charge in [0.2, 0.25) is 0 Å². The Bertz CT molecular complexity index is 854. The van der Waals surface area contributed by atoms with Crippen LogP contribution in [0.15, 0.2) is 48.5 Å². The predicted octanol–water partition coefficient (Wildman–Crippen LogP) is 2.19. The molecule has 33 heavy (non-hydrogen) atoms. The van der Waals surface area contributed by atoms with Crippen LogP contribution in [0.1, 0.15) is 12.5 Å². The van der Waals surface area contributed by atoms with Gasteiger partial charge in [-0.05, 0) is 43.8 Å². The van der Waals surface area contributed by atoms with Crippen molar-refractivity contribution >= 4 is 5.91 Å². The number of aliphatic hydroxyl groups excluding tert-OH is 1. The fourth-order valence-corrected chi connectivity index (χ4v) is 3.56. The number of rotatable bonds is 12. The average molecular weight is 459 g/mol. The van der Waals surface area contributed by atoms with Crippen LogP contribution in [0, 0.1) is 0 Å². The number of morpholine rings is 1. The number of hydrogen-bond acceptors (Lipinski definition) is 7.